The molecule has 7 aromatic rings. The van der Waals surface area contributed by atoms with Crippen molar-refractivity contribution in [3.05, 3.63) is 143 Å². The molecule has 5 aromatic carbocycles. The average molecular weight is 839 g/mol. The van der Waals surface area contributed by atoms with E-state index in [1.54, 1.807) is 0 Å². The molecule has 63 heavy (non-hydrogen) atoms. The standard InChI is InChI=1S/C58H70N4O/c1-16-58(15,17-2)41-19-18-20-43(29-41)60-37-61(49-26-22-39(33-52(49)60)55(6,7)8)44-30-42(57(12,13)14)31-46(35-44)63-45-23-25-48-47-24-21-38(54(3,4)5)32-50(47)62(51(48)36-45)53-34-40(27-28-59-53)56(9,10)11/h18-36H,16-17,37H2,1-15H3. The molecule has 0 fully saturated rings. The molecule has 0 amide bonds. The van der Waals surface area contributed by atoms with E-state index in [4.69, 9.17) is 9.72 Å². The third-order valence-electron chi connectivity index (χ3n) is 13.9. The molecule has 5 heteroatoms. The second kappa shape index (κ2) is 15.6. The molecule has 0 aliphatic carbocycles. The second-order valence-electron chi connectivity index (χ2n) is 22.5. The lowest BCUT2D eigenvalue weighted by molar-refractivity contribution is 0.439. The summed E-state index contributed by atoms with van der Waals surface area (Å²) >= 11 is 0. The number of fused-ring (bicyclic) bond motifs is 4. The number of nitrogens with zero attached hydrogens (tertiary/aromatic N) is 4. The topological polar surface area (TPSA) is 33.5 Å². The van der Waals surface area contributed by atoms with Crippen molar-refractivity contribution in [1.82, 2.24) is 9.55 Å². The van der Waals surface area contributed by atoms with E-state index in [0.717, 1.165) is 46.9 Å². The SMILES string of the molecule is CCC(C)(CC)c1cccc(N2CN(c3cc(Oc4ccc5c6ccc(C(C)(C)C)cc6n(-c6cc(C(C)(C)C)ccn6)c5c4)cc(C(C)(C)C)c3)c3ccc(C(C)(C)C)cc32)c1. The van der Waals surface area contributed by atoms with E-state index in [1.807, 2.05) is 6.20 Å². The molecule has 0 unspecified atom stereocenters. The van der Waals surface area contributed by atoms with Crippen LogP contribution in [0.3, 0.4) is 0 Å². The number of hydrogen-bond donors (Lipinski definition) is 0. The third-order valence-corrected chi connectivity index (χ3v) is 13.9. The van der Waals surface area contributed by atoms with E-state index < -0.39 is 0 Å². The molecule has 3 heterocycles. The minimum atomic E-state index is -0.115. The number of pyridine rings is 1. The van der Waals surface area contributed by atoms with Crippen LogP contribution < -0.4 is 14.5 Å². The predicted molar refractivity (Wildman–Crippen MR) is 270 cm³/mol. The normalized spacial score (nSPS) is 14.0. The lowest BCUT2D eigenvalue weighted by Crippen LogP contribution is -2.25. The zero-order valence-corrected chi connectivity index (χ0v) is 40.8. The lowest BCUT2D eigenvalue weighted by atomic mass is 9.78. The summed E-state index contributed by atoms with van der Waals surface area (Å²) in [7, 11) is 0. The van der Waals surface area contributed by atoms with Crippen LogP contribution in [0, 0.1) is 0 Å². The van der Waals surface area contributed by atoms with Gasteiger partial charge in [0.1, 0.15) is 24.0 Å². The van der Waals surface area contributed by atoms with Gasteiger partial charge in [-0.15, -0.1) is 0 Å². The highest BCUT2D eigenvalue weighted by Gasteiger charge is 2.32. The van der Waals surface area contributed by atoms with Crippen LogP contribution in [0.15, 0.2) is 115 Å². The Bertz CT molecular complexity index is 2830. The van der Waals surface area contributed by atoms with E-state index in [2.05, 4.69) is 227 Å². The van der Waals surface area contributed by atoms with Gasteiger partial charge in [0, 0.05) is 40.5 Å². The molecule has 328 valence electrons. The van der Waals surface area contributed by atoms with Crippen LogP contribution in [0.25, 0.3) is 27.6 Å². The number of benzene rings is 5. The van der Waals surface area contributed by atoms with E-state index in [1.165, 1.54) is 55.7 Å². The summed E-state index contributed by atoms with van der Waals surface area (Å²) in [6.07, 6.45) is 4.15. The zero-order chi connectivity index (χ0) is 45.4. The van der Waals surface area contributed by atoms with Crippen LogP contribution in [0.4, 0.5) is 22.7 Å². The summed E-state index contributed by atoms with van der Waals surface area (Å²) < 4.78 is 9.37. The van der Waals surface area contributed by atoms with Crippen molar-refractivity contribution in [2.75, 3.05) is 16.5 Å². The van der Waals surface area contributed by atoms with Gasteiger partial charge in [-0.3, -0.25) is 4.57 Å². The summed E-state index contributed by atoms with van der Waals surface area (Å²) in [5.74, 6) is 2.52. The van der Waals surface area contributed by atoms with Crippen molar-refractivity contribution in [2.45, 2.75) is 144 Å². The van der Waals surface area contributed by atoms with Gasteiger partial charge in [-0.05, 0) is 134 Å². The maximum atomic E-state index is 7.03. The minimum absolute atomic E-state index is 0.00245. The predicted octanol–water partition coefficient (Wildman–Crippen LogP) is 16.5. The van der Waals surface area contributed by atoms with Gasteiger partial charge in [0.25, 0.3) is 0 Å². The molecule has 1 aliphatic heterocycles. The first-order chi connectivity index (χ1) is 29.5. The fourth-order valence-corrected chi connectivity index (χ4v) is 9.03. The van der Waals surface area contributed by atoms with Crippen LogP contribution in [-0.2, 0) is 27.1 Å². The summed E-state index contributed by atoms with van der Waals surface area (Å²) in [5, 5.41) is 2.38. The molecular formula is C58H70N4O. The highest BCUT2D eigenvalue weighted by atomic mass is 16.5. The molecule has 2 aromatic heterocycles. The largest absolute Gasteiger partial charge is 0.457 e. The number of anilines is 4. The molecule has 0 bridgehead atoms. The van der Waals surface area contributed by atoms with Gasteiger partial charge in [0.2, 0.25) is 0 Å². The Morgan fingerprint density at radius 2 is 1.05 bits per heavy atom. The Kier molecular flexibility index (Phi) is 10.9. The van der Waals surface area contributed by atoms with Gasteiger partial charge in [0.05, 0.1) is 22.4 Å². The highest BCUT2D eigenvalue weighted by Crippen LogP contribution is 2.49. The highest BCUT2D eigenvalue weighted by molar-refractivity contribution is 6.09. The van der Waals surface area contributed by atoms with Gasteiger partial charge in [-0.2, -0.15) is 0 Å². The van der Waals surface area contributed by atoms with E-state index in [0.29, 0.717) is 6.67 Å². The van der Waals surface area contributed by atoms with Gasteiger partial charge in [-0.1, -0.05) is 134 Å². The number of ether oxygens (including phenoxy) is 1. The maximum Gasteiger partial charge on any atom is 0.137 e. The average Bonchev–Trinajstić information content (AvgIpc) is 3.77. The summed E-state index contributed by atoms with van der Waals surface area (Å²) in [6.45, 7) is 35.1. The summed E-state index contributed by atoms with van der Waals surface area (Å²) in [4.78, 5) is 9.97. The van der Waals surface area contributed by atoms with Crippen LogP contribution in [0.2, 0.25) is 0 Å². The van der Waals surface area contributed by atoms with Crippen molar-refractivity contribution in [1.29, 1.82) is 0 Å². The molecule has 5 nitrogen and oxygen atoms in total. The van der Waals surface area contributed by atoms with Crippen LogP contribution in [0.5, 0.6) is 11.5 Å². The van der Waals surface area contributed by atoms with E-state index >= 15 is 0 Å². The smallest absolute Gasteiger partial charge is 0.137 e. The monoisotopic (exact) mass is 839 g/mol. The molecule has 0 saturated heterocycles. The number of aromatic nitrogens is 2. The van der Waals surface area contributed by atoms with Crippen LogP contribution in [0.1, 0.15) is 145 Å². The fraction of sp³-hybridized carbons (Fsp3) is 0.397. The second-order valence-corrected chi connectivity index (χ2v) is 22.5. The van der Waals surface area contributed by atoms with Crippen molar-refractivity contribution < 1.29 is 4.74 Å². The molecule has 0 radical (unpaired) electrons. The van der Waals surface area contributed by atoms with Gasteiger partial charge in [0.15, 0.2) is 0 Å². The lowest BCUT2D eigenvalue weighted by Gasteiger charge is -2.30. The van der Waals surface area contributed by atoms with Crippen molar-refractivity contribution in [3.63, 3.8) is 0 Å². The molecule has 0 atom stereocenters. The minimum Gasteiger partial charge on any atom is -0.457 e. The first-order valence-electron chi connectivity index (χ1n) is 23.2. The Labute approximate surface area is 378 Å². The van der Waals surface area contributed by atoms with Crippen molar-refractivity contribution >= 4 is 44.6 Å². The van der Waals surface area contributed by atoms with Crippen LogP contribution >= 0.6 is 0 Å². The Morgan fingerprint density at radius 1 is 0.476 bits per heavy atom. The summed E-state index contributed by atoms with van der Waals surface area (Å²) in [6, 6.07) is 41.0. The van der Waals surface area contributed by atoms with Crippen molar-refractivity contribution in [3.8, 4) is 17.3 Å². The molecule has 0 N–H and O–H groups in total. The quantitative estimate of drug-likeness (QED) is 0.153. The van der Waals surface area contributed by atoms with Crippen molar-refractivity contribution in [2.24, 2.45) is 0 Å². The van der Waals surface area contributed by atoms with Gasteiger partial charge in [-0.25, -0.2) is 4.98 Å². The Balaban J connectivity index is 1.25. The number of hydrogen-bond acceptors (Lipinski definition) is 4. The fourth-order valence-electron chi connectivity index (χ4n) is 9.03. The number of rotatable bonds is 8. The molecule has 0 saturated carbocycles. The molecule has 0 spiro atoms. The van der Waals surface area contributed by atoms with E-state index in [9.17, 15) is 0 Å². The van der Waals surface area contributed by atoms with Crippen LogP contribution in [-0.4, -0.2) is 16.2 Å². The summed E-state index contributed by atoms with van der Waals surface area (Å²) in [5.41, 5.74) is 13.5. The molecule has 1 aliphatic rings. The zero-order valence-electron chi connectivity index (χ0n) is 40.8. The first-order valence-corrected chi connectivity index (χ1v) is 23.2. The third kappa shape index (κ3) is 8.36. The molecular weight excluding hydrogens is 769 g/mol. The Hall–Kier alpha value is -5.55. The van der Waals surface area contributed by atoms with E-state index in [-0.39, 0.29) is 27.1 Å². The van der Waals surface area contributed by atoms with Gasteiger partial charge < -0.3 is 14.5 Å². The maximum absolute atomic E-state index is 7.03. The van der Waals surface area contributed by atoms with Gasteiger partial charge >= 0.3 is 0 Å². The molecule has 8 rings (SSSR count). The first kappa shape index (κ1) is 44.1. The Morgan fingerprint density at radius 3 is 1.70 bits per heavy atom.